The van der Waals surface area contributed by atoms with Crippen LogP contribution in [0.25, 0.3) is 0 Å². The normalized spacial score (nSPS) is 21.0. The molecule has 136 valence electrons. The predicted molar refractivity (Wildman–Crippen MR) is 94.8 cm³/mol. The fourth-order valence-electron chi connectivity index (χ4n) is 3.08. The lowest BCUT2D eigenvalue weighted by molar-refractivity contribution is -0.132. The summed E-state index contributed by atoms with van der Waals surface area (Å²) < 4.78 is 13.0. The first-order valence-electron chi connectivity index (χ1n) is 8.50. The molecule has 1 aliphatic rings. The minimum atomic E-state index is -1.07. The van der Waals surface area contributed by atoms with Gasteiger partial charge in [0.05, 0.1) is 12.6 Å². The van der Waals surface area contributed by atoms with E-state index in [4.69, 9.17) is 0 Å². The average Bonchev–Trinajstić information content (AvgIpc) is 2.85. The van der Waals surface area contributed by atoms with Crippen LogP contribution in [0.5, 0.6) is 0 Å². The Balaban J connectivity index is 1.66. The summed E-state index contributed by atoms with van der Waals surface area (Å²) in [4.78, 5) is 26.0. The van der Waals surface area contributed by atoms with Crippen LogP contribution < -0.4 is 5.32 Å². The number of aliphatic hydroxyl groups is 1. The van der Waals surface area contributed by atoms with Crippen LogP contribution in [0, 0.1) is 5.82 Å². The first-order chi connectivity index (χ1) is 12.4. The molecule has 26 heavy (non-hydrogen) atoms. The molecule has 2 unspecified atom stereocenters. The minimum absolute atomic E-state index is 0.169. The topological polar surface area (TPSA) is 69.6 Å². The molecule has 0 saturated carbocycles. The van der Waals surface area contributed by atoms with Crippen molar-refractivity contribution >= 4 is 11.9 Å². The van der Waals surface area contributed by atoms with Gasteiger partial charge in [0.15, 0.2) is 0 Å². The van der Waals surface area contributed by atoms with Gasteiger partial charge in [0.2, 0.25) is 0 Å². The van der Waals surface area contributed by atoms with E-state index in [-0.39, 0.29) is 12.5 Å². The maximum atomic E-state index is 13.0. The highest BCUT2D eigenvalue weighted by atomic mass is 19.1. The highest BCUT2D eigenvalue weighted by Crippen LogP contribution is 2.25. The maximum absolute atomic E-state index is 13.0. The van der Waals surface area contributed by atoms with Crippen LogP contribution in [0.4, 0.5) is 9.18 Å². The Labute approximate surface area is 151 Å². The van der Waals surface area contributed by atoms with Crippen molar-refractivity contribution < 1.29 is 19.1 Å². The van der Waals surface area contributed by atoms with Gasteiger partial charge in [0.1, 0.15) is 11.4 Å². The zero-order valence-electron chi connectivity index (χ0n) is 14.5. The molecule has 1 aliphatic heterocycles. The van der Waals surface area contributed by atoms with E-state index in [9.17, 15) is 19.1 Å². The van der Waals surface area contributed by atoms with Gasteiger partial charge in [-0.05, 0) is 43.0 Å². The highest BCUT2D eigenvalue weighted by molar-refractivity contribution is 6.06. The maximum Gasteiger partial charge on any atom is 0.325 e. The second-order valence-corrected chi connectivity index (χ2v) is 6.73. The number of imide groups is 1. The third-order valence-corrected chi connectivity index (χ3v) is 4.71. The fraction of sp³-hybridized carbons (Fsp3) is 0.300. The van der Waals surface area contributed by atoms with Crippen molar-refractivity contribution in [2.75, 3.05) is 6.54 Å². The SMILES string of the molecule is CC1(CCc2ccccc2)NC(=O)N(CC(O)c2ccc(F)cc2)C1=O. The Morgan fingerprint density at radius 2 is 1.77 bits per heavy atom. The first-order valence-corrected chi connectivity index (χ1v) is 8.50. The largest absolute Gasteiger partial charge is 0.387 e. The third-order valence-electron chi connectivity index (χ3n) is 4.71. The van der Waals surface area contributed by atoms with E-state index in [0.29, 0.717) is 18.4 Å². The summed E-state index contributed by atoms with van der Waals surface area (Å²) in [6.07, 6.45) is 0.0457. The lowest BCUT2D eigenvalue weighted by Gasteiger charge is -2.22. The van der Waals surface area contributed by atoms with E-state index in [1.165, 1.54) is 24.3 Å². The predicted octanol–water partition coefficient (Wildman–Crippen LogP) is 2.80. The average molecular weight is 356 g/mol. The number of hydrogen-bond acceptors (Lipinski definition) is 3. The van der Waals surface area contributed by atoms with Crippen molar-refractivity contribution in [3.63, 3.8) is 0 Å². The first kappa shape index (κ1) is 18.1. The summed E-state index contributed by atoms with van der Waals surface area (Å²) in [6, 6.07) is 14.5. The molecule has 0 aliphatic carbocycles. The zero-order valence-corrected chi connectivity index (χ0v) is 14.5. The van der Waals surface area contributed by atoms with Crippen LogP contribution in [0.3, 0.4) is 0 Å². The molecule has 1 fully saturated rings. The minimum Gasteiger partial charge on any atom is -0.387 e. The fourth-order valence-corrected chi connectivity index (χ4v) is 3.08. The molecule has 2 N–H and O–H groups in total. The van der Waals surface area contributed by atoms with Gasteiger partial charge in [-0.2, -0.15) is 0 Å². The number of carbonyl (C=O) groups is 2. The number of aliphatic hydroxyl groups excluding tert-OH is 1. The second kappa shape index (κ2) is 7.25. The second-order valence-electron chi connectivity index (χ2n) is 6.73. The Kier molecular flexibility index (Phi) is 5.04. The zero-order chi connectivity index (χ0) is 18.7. The lowest BCUT2D eigenvalue weighted by Crippen LogP contribution is -2.44. The molecule has 6 heteroatoms. The van der Waals surface area contributed by atoms with E-state index in [1.807, 2.05) is 30.3 Å². The van der Waals surface area contributed by atoms with Crippen molar-refractivity contribution in [1.29, 1.82) is 0 Å². The van der Waals surface area contributed by atoms with Gasteiger partial charge in [-0.3, -0.25) is 9.69 Å². The number of benzene rings is 2. The Hall–Kier alpha value is -2.73. The molecule has 3 amide bonds. The molecule has 2 aromatic carbocycles. The lowest BCUT2D eigenvalue weighted by atomic mass is 9.93. The molecule has 5 nitrogen and oxygen atoms in total. The van der Waals surface area contributed by atoms with E-state index in [1.54, 1.807) is 6.92 Å². The number of aryl methyl sites for hydroxylation is 1. The van der Waals surface area contributed by atoms with Gasteiger partial charge in [0.25, 0.3) is 5.91 Å². The summed E-state index contributed by atoms with van der Waals surface area (Å²) in [5, 5.41) is 13.0. The van der Waals surface area contributed by atoms with Crippen molar-refractivity contribution in [1.82, 2.24) is 10.2 Å². The number of hydrogen-bond donors (Lipinski definition) is 2. The standard InChI is InChI=1S/C20H21FN2O3/c1-20(12-11-14-5-3-2-4-6-14)18(25)23(19(26)22-20)13-17(24)15-7-9-16(21)10-8-15/h2-10,17,24H,11-13H2,1H3,(H,22,26). The van der Waals surface area contributed by atoms with Crippen LogP contribution in [0.15, 0.2) is 54.6 Å². The molecule has 0 spiro atoms. The molecule has 1 saturated heterocycles. The number of carbonyl (C=O) groups excluding carboxylic acids is 2. The molecule has 3 rings (SSSR count). The highest BCUT2D eigenvalue weighted by Gasteiger charge is 2.47. The quantitative estimate of drug-likeness (QED) is 0.782. The monoisotopic (exact) mass is 356 g/mol. The van der Waals surface area contributed by atoms with Crippen LogP contribution in [0.2, 0.25) is 0 Å². The number of nitrogens with zero attached hydrogens (tertiary/aromatic N) is 1. The van der Waals surface area contributed by atoms with Crippen LogP contribution in [-0.2, 0) is 11.2 Å². The van der Waals surface area contributed by atoms with Gasteiger partial charge in [-0.15, -0.1) is 0 Å². The number of nitrogens with one attached hydrogen (secondary N) is 1. The van der Waals surface area contributed by atoms with Gasteiger partial charge in [0, 0.05) is 0 Å². The smallest absolute Gasteiger partial charge is 0.325 e. The molecule has 0 aromatic heterocycles. The van der Waals surface area contributed by atoms with Crippen molar-refractivity contribution in [2.24, 2.45) is 0 Å². The van der Waals surface area contributed by atoms with E-state index >= 15 is 0 Å². The number of rotatable bonds is 6. The number of amides is 3. The summed E-state index contributed by atoms with van der Waals surface area (Å²) in [5.41, 5.74) is 0.528. The molecular weight excluding hydrogens is 335 g/mol. The van der Waals surface area contributed by atoms with Crippen molar-refractivity contribution in [3.8, 4) is 0 Å². The Bertz CT molecular complexity index is 794. The molecule has 0 bridgehead atoms. The third kappa shape index (κ3) is 3.75. The molecule has 0 radical (unpaired) electrons. The molecule has 2 aromatic rings. The van der Waals surface area contributed by atoms with Gasteiger partial charge in [-0.25, -0.2) is 9.18 Å². The van der Waals surface area contributed by atoms with E-state index in [0.717, 1.165) is 10.5 Å². The van der Waals surface area contributed by atoms with Crippen molar-refractivity contribution in [3.05, 3.63) is 71.5 Å². The van der Waals surface area contributed by atoms with Gasteiger partial charge < -0.3 is 10.4 Å². The molecule has 2 atom stereocenters. The van der Waals surface area contributed by atoms with Crippen LogP contribution in [0.1, 0.15) is 30.6 Å². The van der Waals surface area contributed by atoms with Crippen LogP contribution >= 0.6 is 0 Å². The molecule has 1 heterocycles. The van der Waals surface area contributed by atoms with E-state index < -0.39 is 23.5 Å². The summed E-state index contributed by atoms with van der Waals surface area (Å²) in [7, 11) is 0. The summed E-state index contributed by atoms with van der Waals surface area (Å²) in [5.74, 6) is -0.774. The summed E-state index contributed by atoms with van der Waals surface area (Å²) in [6.45, 7) is 1.53. The number of β-amino-alcohol motifs (C(OH)–C–C–N with tert-alkyl or cyclic N) is 1. The van der Waals surface area contributed by atoms with Gasteiger partial charge >= 0.3 is 6.03 Å². The Morgan fingerprint density at radius 1 is 1.12 bits per heavy atom. The molecular formula is C20H21FN2O3. The Morgan fingerprint density at radius 3 is 2.42 bits per heavy atom. The number of urea groups is 1. The van der Waals surface area contributed by atoms with Crippen LogP contribution in [-0.4, -0.2) is 34.0 Å². The van der Waals surface area contributed by atoms with Gasteiger partial charge in [-0.1, -0.05) is 42.5 Å². The van der Waals surface area contributed by atoms with E-state index in [2.05, 4.69) is 5.32 Å². The summed E-state index contributed by atoms with van der Waals surface area (Å²) >= 11 is 0. The van der Waals surface area contributed by atoms with Crippen molar-refractivity contribution in [2.45, 2.75) is 31.4 Å². The number of halogens is 1.